The number of hydrogen-bond acceptors (Lipinski definition) is 4. The van der Waals surface area contributed by atoms with Crippen LogP contribution in [0.1, 0.15) is 25.8 Å². The minimum absolute atomic E-state index is 0.0320. The summed E-state index contributed by atoms with van der Waals surface area (Å²) in [6, 6.07) is 4.60. The van der Waals surface area contributed by atoms with Crippen molar-refractivity contribution in [3.63, 3.8) is 0 Å². The van der Waals surface area contributed by atoms with E-state index in [1.807, 2.05) is 0 Å². The maximum Gasteiger partial charge on any atom is 0.158 e. The van der Waals surface area contributed by atoms with Crippen molar-refractivity contribution in [3.8, 4) is 0 Å². The molecular weight excluding hydrogens is 309 g/mol. The average molecular weight is 324 g/mol. The van der Waals surface area contributed by atoms with E-state index in [1.54, 1.807) is 26.0 Å². The Morgan fingerprint density at radius 3 is 2.42 bits per heavy atom. The number of oxime groups is 1. The van der Waals surface area contributed by atoms with Gasteiger partial charge in [0.1, 0.15) is 11.0 Å². The summed E-state index contributed by atoms with van der Waals surface area (Å²) in [6.45, 7) is 3.27. The molecule has 1 atom stereocenters. The zero-order chi connectivity index (χ0) is 14.6. The summed E-state index contributed by atoms with van der Waals surface area (Å²) < 4.78 is 24.0. The number of rotatable bonds is 5. The van der Waals surface area contributed by atoms with Gasteiger partial charge in [-0.15, -0.1) is 0 Å². The van der Waals surface area contributed by atoms with Crippen LogP contribution in [0, 0.1) is 0 Å². The molecule has 19 heavy (non-hydrogen) atoms. The summed E-state index contributed by atoms with van der Waals surface area (Å²) in [5.74, 6) is -0.0320. The third kappa shape index (κ3) is 3.61. The smallest absolute Gasteiger partial charge is 0.158 e. The van der Waals surface area contributed by atoms with Crippen molar-refractivity contribution in [2.75, 3.05) is 5.75 Å². The van der Waals surface area contributed by atoms with Crippen molar-refractivity contribution in [1.82, 2.24) is 0 Å². The molecule has 0 aliphatic rings. The van der Waals surface area contributed by atoms with Crippen LogP contribution in [0.15, 0.2) is 23.4 Å². The van der Waals surface area contributed by atoms with Gasteiger partial charge in [0.2, 0.25) is 0 Å². The van der Waals surface area contributed by atoms with E-state index in [0.717, 1.165) is 0 Å². The van der Waals surface area contributed by atoms with E-state index in [0.29, 0.717) is 17.0 Å². The molecule has 1 N–H and O–H groups in total. The van der Waals surface area contributed by atoms with Crippen LogP contribution >= 0.6 is 23.2 Å². The van der Waals surface area contributed by atoms with Gasteiger partial charge in [-0.1, -0.05) is 42.2 Å². The molecule has 0 spiro atoms. The van der Waals surface area contributed by atoms with Crippen LogP contribution in [0.5, 0.6) is 0 Å². The molecule has 0 saturated heterocycles. The highest BCUT2D eigenvalue weighted by molar-refractivity contribution is 7.92. The molecule has 0 aliphatic heterocycles. The van der Waals surface area contributed by atoms with Crippen molar-refractivity contribution < 1.29 is 13.6 Å². The van der Waals surface area contributed by atoms with Gasteiger partial charge in [-0.2, -0.15) is 0 Å². The van der Waals surface area contributed by atoms with Gasteiger partial charge in [0.15, 0.2) is 9.84 Å². The first-order valence-corrected chi connectivity index (χ1v) is 8.23. The highest BCUT2D eigenvalue weighted by Crippen LogP contribution is 2.25. The quantitative estimate of drug-likeness (QED) is 0.513. The Balaban J connectivity index is 3.35. The van der Waals surface area contributed by atoms with Crippen LogP contribution in [-0.2, 0) is 9.84 Å². The Morgan fingerprint density at radius 1 is 1.37 bits per heavy atom. The van der Waals surface area contributed by atoms with Gasteiger partial charge in [-0.25, -0.2) is 8.42 Å². The molecule has 0 bridgehead atoms. The highest BCUT2D eigenvalue weighted by atomic mass is 35.5. The highest BCUT2D eigenvalue weighted by Gasteiger charge is 2.30. The summed E-state index contributed by atoms with van der Waals surface area (Å²) in [5, 5.41) is 12.1. The zero-order valence-electron chi connectivity index (χ0n) is 10.6. The van der Waals surface area contributed by atoms with E-state index in [9.17, 15) is 8.42 Å². The molecule has 1 rings (SSSR count). The third-order valence-electron chi connectivity index (χ3n) is 2.83. The lowest BCUT2D eigenvalue weighted by molar-refractivity contribution is 0.318. The number of benzene rings is 1. The fourth-order valence-corrected chi connectivity index (χ4v) is 3.74. The molecule has 0 fully saturated rings. The van der Waals surface area contributed by atoms with E-state index in [4.69, 9.17) is 28.4 Å². The van der Waals surface area contributed by atoms with Crippen LogP contribution in [-0.4, -0.2) is 30.3 Å². The molecule has 0 aromatic heterocycles. The molecule has 0 unspecified atom stereocenters. The number of hydrogen-bond donors (Lipinski definition) is 1. The predicted molar refractivity (Wildman–Crippen MR) is 78.3 cm³/mol. The molecule has 0 amide bonds. The van der Waals surface area contributed by atoms with Crippen LogP contribution in [0.3, 0.4) is 0 Å². The first kappa shape index (κ1) is 16.3. The van der Waals surface area contributed by atoms with Gasteiger partial charge in [-0.3, -0.25) is 0 Å². The van der Waals surface area contributed by atoms with Crippen molar-refractivity contribution in [2.45, 2.75) is 25.5 Å². The third-order valence-corrected chi connectivity index (χ3v) is 5.60. The monoisotopic (exact) mass is 323 g/mol. The molecular formula is C12H15Cl2NO3S. The largest absolute Gasteiger partial charge is 0.411 e. The van der Waals surface area contributed by atoms with Gasteiger partial charge >= 0.3 is 0 Å². The first-order chi connectivity index (χ1) is 8.87. The van der Waals surface area contributed by atoms with Gasteiger partial charge in [0, 0.05) is 16.3 Å². The van der Waals surface area contributed by atoms with Crippen LogP contribution in [0.2, 0.25) is 10.0 Å². The van der Waals surface area contributed by atoms with E-state index in [1.165, 1.54) is 6.07 Å². The normalized spacial score (nSPS) is 14.4. The molecule has 1 aromatic carbocycles. The summed E-state index contributed by atoms with van der Waals surface area (Å²) in [4.78, 5) is 0. The zero-order valence-corrected chi connectivity index (χ0v) is 12.9. The minimum Gasteiger partial charge on any atom is -0.411 e. The van der Waals surface area contributed by atoms with Gasteiger partial charge in [0.05, 0.1) is 5.02 Å². The predicted octanol–water partition coefficient (Wildman–Crippen LogP) is 3.39. The standard InChI is InChI=1S/C12H15Cl2NO3S/c1-3-11(19(17,18)4-2)12(15-16)9-6-5-8(13)7-10(9)14/h5-7,11,16H,3-4H2,1-2H3/b15-12-/t11-/m1/s1. The van der Waals surface area contributed by atoms with Crippen LogP contribution in [0.4, 0.5) is 0 Å². The van der Waals surface area contributed by atoms with E-state index < -0.39 is 15.1 Å². The Bertz CT molecular complexity index is 585. The maximum absolute atomic E-state index is 12.0. The SMILES string of the molecule is CC[C@H](/C(=N\O)c1ccc(Cl)cc1Cl)S(=O)(=O)CC. The summed E-state index contributed by atoms with van der Waals surface area (Å²) in [5.41, 5.74) is 0.420. The molecule has 106 valence electrons. The van der Waals surface area contributed by atoms with E-state index >= 15 is 0 Å². The Labute approximate surface area is 122 Å². The van der Waals surface area contributed by atoms with Crippen molar-refractivity contribution in [3.05, 3.63) is 33.8 Å². The van der Waals surface area contributed by atoms with Crippen molar-refractivity contribution in [2.24, 2.45) is 5.16 Å². The minimum atomic E-state index is -3.38. The Kier molecular flexibility index (Phi) is 5.64. The Morgan fingerprint density at radius 2 is 2.00 bits per heavy atom. The summed E-state index contributed by atoms with van der Waals surface area (Å²) in [6.07, 6.45) is 0.300. The molecule has 0 aliphatic carbocycles. The molecule has 0 heterocycles. The first-order valence-electron chi connectivity index (χ1n) is 5.76. The van der Waals surface area contributed by atoms with Gasteiger partial charge in [0.25, 0.3) is 0 Å². The van der Waals surface area contributed by atoms with Crippen molar-refractivity contribution in [1.29, 1.82) is 0 Å². The summed E-state index contributed by atoms with van der Waals surface area (Å²) in [7, 11) is -3.38. The lowest BCUT2D eigenvalue weighted by atomic mass is 10.1. The second kappa shape index (κ2) is 6.59. The van der Waals surface area contributed by atoms with Crippen molar-refractivity contribution >= 4 is 38.8 Å². The fraction of sp³-hybridized carbons (Fsp3) is 0.417. The average Bonchev–Trinajstić information content (AvgIpc) is 2.36. The number of halogens is 2. The summed E-state index contributed by atoms with van der Waals surface area (Å²) >= 11 is 11.8. The molecule has 0 saturated carbocycles. The lowest BCUT2D eigenvalue weighted by Crippen LogP contribution is -2.32. The molecule has 1 aromatic rings. The van der Waals surface area contributed by atoms with Crippen LogP contribution in [0.25, 0.3) is 0 Å². The molecule has 4 nitrogen and oxygen atoms in total. The second-order valence-electron chi connectivity index (χ2n) is 3.96. The van der Waals surface area contributed by atoms with E-state index in [-0.39, 0.29) is 16.5 Å². The maximum atomic E-state index is 12.0. The van der Waals surface area contributed by atoms with Gasteiger partial charge in [-0.05, 0) is 24.6 Å². The molecule has 7 heteroatoms. The lowest BCUT2D eigenvalue weighted by Gasteiger charge is -2.17. The van der Waals surface area contributed by atoms with E-state index in [2.05, 4.69) is 5.16 Å². The number of sulfone groups is 1. The Hall–Kier alpha value is -0.780. The number of nitrogens with zero attached hydrogens (tertiary/aromatic N) is 1. The second-order valence-corrected chi connectivity index (χ2v) is 7.27. The fourth-order valence-electron chi connectivity index (χ4n) is 1.81. The topological polar surface area (TPSA) is 66.7 Å². The van der Waals surface area contributed by atoms with Gasteiger partial charge < -0.3 is 5.21 Å². The molecule has 0 radical (unpaired) electrons. The van der Waals surface area contributed by atoms with Crippen LogP contribution < -0.4 is 0 Å².